The molecule has 20 heavy (non-hydrogen) atoms. The van der Waals surface area contributed by atoms with Gasteiger partial charge in [-0.15, -0.1) is 0 Å². The van der Waals surface area contributed by atoms with Gasteiger partial charge < -0.3 is 4.90 Å². The van der Waals surface area contributed by atoms with Crippen molar-refractivity contribution in [3.8, 4) is 0 Å². The zero-order valence-electron chi connectivity index (χ0n) is 10.8. The van der Waals surface area contributed by atoms with Gasteiger partial charge in [-0.3, -0.25) is 19.3 Å². The Balaban J connectivity index is 1.60. The molecular weight excluding hydrogens is 296 g/mol. The van der Waals surface area contributed by atoms with Crippen molar-refractivity contribution < 1.29 is 14.4 Å². The molecule has 5 nitrogen and oxygen atoms in total. The van der Waals surface area contributed by atoms with Crippen molar-refractivity contribution in [2.75, 3.05) is 18.8 Å². The number of hydrogen-bond donors (Lipinski definition) is 0. The molecule has 0 radical (unpaired) electrons. The van der Waals surface area contributed by atoms with Gasteiger partial charge in [0.25, 0.3) is 5.24 Å². The zero-order valence-corrected chi connectivity index (χ0v) is 12.4. The van der Waals surface area contributed by atoms with Gasteiger partial charge in [0.05, 0.1) is 18.2 Å². The number of hydrogen-bond acceptors (Lipinski definition) is 5. The predicted molar refractivity (Wildman–Crippen MR) is 77.7 cm³/mol. The van der Waals surface area contributed by atoms with Gasteiger partial charge in [0, 0.05) is 13.1 Å². The lowest BCUT2D eigenvalue weighted by atomic mass is 10.2. The van der Waals surface area contributed by atoms with Crippen LogP contribution in [0.15, 0.2) is 16.8 Å². The second-order valence-electron chi connectivity index (χ2n) is 4.91. The average molecular weight is 310 g/mol. The van der Waals surface area contributed by atoms with Crippen LogP contribution in [-0.2, 0) is 16.0 Å². The number of rotatable bonds is 3. The lowest BCUT2D eigenvalue weighted by molar-refractivity contribution is -0.131. The third-order valence-electron chi connectivity index (χ3n) is 3.60. The molecular formula is C13H14N2O3S2. The van der Waals surface area contributed by atoms with E-state index < -0.39 is 0 Å². The summed E-state index contributed by atoms with van der Waals surface area (Å²) < 4.78 is 0. The van der Waals surface area contributed by atoms with E-state index in [0.29, 0.717) is 25.9 Å². The standard InChI is InChI=1S/C13H14N2O3S2/c16-11(5-9-2-4-19-7-9)14-3-1-10(6-14)15-12(17)8-20-13(15)18/h2,4,7,10H,1,3,5-6,8H2. The first-order valence-electron chi connectivity index (χ1n) is 6.43. The fraction of sp³-hybridized carbons (Fsp3) is 0.462. The first-order chi connectivity index (χ1) is 9.65. The first kappa shape index (κ1) is 13.6. The highest BCUT2D eigenvalue weighted by atomic mass is 32.2. The Morgan fingerprint density at radius 1 is 1.40 bits per heavy atom. The van der Waals surface area contributed by atoms with Crippen LogP contribution in [-0.4, -0.2) is 51.7 Å². The maximum atomic E-state index is 12.2. The number of carbonyl (C=O) groups is 3. The van der Waals surface area contributed by atoms with E-state index in [1.54, 1.807) is 16.2 Å². The molecule has 3 amide bonds. The second kappa shape index (κ2) is 5.57. The summed E-state index contributed by atoms with van der Waals surface area (Å²) in [5, 5.41) is 3.75. The van der Waals surface area contributed by atoms with Crippen LogP contribution in [0.4, 0.5) is 4.79 Å². The molecule has 0 aliphatic carbocycles. The Morgan fingerprint density at radius 2 is 2.25 bits per heavy atom. The number of imide groups is 1. The molecule has 1 atom stereocenters. The van der Waals surface area contributed by atoms with Crippen molar-refractivity contribution in [3.05, 3.63) is 22.4 Å². The fourth-order valence-corrected chi connectivity index (χ4v) is 4.02. The normalized spacial score (nSPS) is 22.9. The quantitative estimate of drug-likeness (QED) is 0.850. The summed E-state index contributed by atoms with van der Waals surface area (Å²) in [7, 11) is 0. The molecule has 0 spiro atoms. The van der Waals surface area contributed by atoms with Crippen molar-refractivity contribution in [2.24, 2.45) is 0 Å². The molecule has 0 saturated carbocycles. The summed E-state index contributed by atoms with van der Waals surface area (Å²) in [5.74, 6) is 0.174. The molecule has 2 fully saturated rings. The minimum absolute atomic E-state index is 0.0673. The molecule has 7 heteroatoms. The smallest absolute Gasteiger partial charge is 0.289 e. The highest BCUT2D eigenvalue weighted by molar-refractivity contribution is 8.14. The van der Waals surface area contributed by atoms with Crippen LogP contribution in [0.2, 0.25) is 0 Å². The highest BCUT2D eigenvalue weighted by Crippen LogP contribution is 2.26. The third kappa shape index (κ3) is 2.60. The summed E-state index contributed by atoms with van der Waals surface area (Å²) in [6.45, 7) is 1.09. The minimum Gasteiger partial charge on any atom is -0.340 e. The number of nitrogens with zero attached hydrogens (tertiary/aromatic N) is 2. The largest absolute Gasteiger partial charge is 0.340 e. The maximum absolute atomic E-state index is 12.2. The molecule has 3 heterocycles. The monoisotopic (exact) mass is 310 g/mol. The summed E-state index contributed by atoms with van der Waals surface area (Å²) >= 11 is 2.62. The van der Waals surface area contributed by atoms with Crippen LogP contribution in [0.1, 0.15) is 12.0 Å². The molecule has 0 aromatic carbocycles. The fourth-order valence-electron chi connectivity index (χ4n) is 2.58. The van der Waals surface area contributed by atoms with Gasteiger partial charge in [0.15, 0.2) is 0 Å². The Kier molecular flexibility index (Phi) is 3.80. The van der Waals surface area contributed by atoms with Gasteiger partial charge >= 0.3 is 0 Å². The van der Waals surface area contributed by atoms with E-state index in [4.69, 9.17) is 0 Å². The lowest BCUT2D eigenvalue weighted by Crippen LogP contribution is -2.41. The van der Waals surface area contributed by atoms with E-state index in [1.165, 1.54) is 4.90 Å². The van der Waals surface area contributed by atoms with Gasteiger partial charge in [0.2, 0.25) is 11.8 Å². The molecule has 2 aliphatic heterocycles. The van der Waals surface area contributed by atoms with Crippen molar-refractivity contribution in [2.45, 2.75) is 18.9 Å². The molecule has 2 aliphatic rings. The molecule has 1 aromatic heterocycles. The van der Waals surface area contributed by atoms with Crippen LogP contribution in [0.5, 0.6) is 0 Å². The van der Waals surface area contributed by atoms with E-state index in [-0.39, 0.29) is 28.8 Å². The molecule has 0 N–H and O–H groups in total. The molecule has 1 aromatic rings. The number of likely N-dealkylation sites (tertiary alicyclic amines) is 1. The van der Waals surface area contributed by atoms with E-state index in [2.05, 4.69) is 0 Å². The van der Waals surface area contributed by atoms with E-state index in [0.717, 1.165) is 17.3 Å². The number of thioether (sulfide) groups is 1. The Bertz CT molecular complexity index is 528. The van der Waals surface area contributed by atoms with Crippen LogP contribution in [0.25, 0.3) is 0 Å². The van der Waals surface area contributed by atoms with Gasteiger partial charge in [-0.1, -0.05) is 11.8 Å². The second-order valence-corrected chi connectivity index (χ2v) is 6.62. The SMILES string of the molecule is O=C(Cc1ccsc1)N1CCC(N2C(=O)CSC2=O)C1. The van der Waals surface area contributed by atoms with Crippen LogP contribution in [0, 0.1) is 0 Å². The summed E-state index contributed by atoms with van der Waals surface area (Å²) in [5.41, 5.74) is 1.02. The molecule has 2 saturated heterocycles. The Labute approximate surface area is 124 Å². The van der Waals surface area contributed by atoms with Crippen molar-refractivity contribution >= 4 is 40.2 Å². The number of thiophene rings is 1. The van der Waals surface area contributed by atoms with E-state index in [9.17, 15) is 14.4 Å². The number of amides is 3. The van der Waals surface area contributed by atoms with Crippen molar-refractivity contribution in [1.82, 2.24) is 9.80 Å². The Hall–Kier alpha value is -1.34. The summed E-state index contributed by atoms with van der Waals surface area (Å²) in [6, 6.07) is 1.80. The number of carbonyl (C=O) groups excluding carboxylic acids is 3. The van der Waals surface area contributed by atoms with E-state index >= 15 is 0 Å². The van der Waals surface area contributed by atoms with Crippen LogP contribution < -0.4 is 0 Å². The van der Waals surface area contributed by atoms with Crippen LogP contribution in [0.3, 0.4) is 0 Å². The Morgan fingerprint density at radius 3 is 2.90 bits per heavy atom. The van der Waals surface area contributed by atoms with Crippen molar-refractivity contribution in [3.63, 3.8) is 0 Å². The van der Waals surface area contributed by atoms with Gasteiger partial charge in [-0.2, -0.15) is 11.3 Å². The summed E-state index contributed by atoms with van der Waals surface area (Å²) in [6.07, 6.45) is 1.08. The average Bonchev–Trinajstić information content (AvgIpc) is 3.11. The van der Waals surface area contributed by atoms with Gasteiger partial charge in [0.1, 0.15) is 0 Å². The van der Waals surface area contributed by atoms with Crippen LogP contribution >= 0.6 is 23.1 Å². The molecule has 3 rings (SSSR count). The van der Waals surface area contributed by atoms with Gasteiger partial charge in [-0.25, -0.2) is 0 Å². The molecule has 1 unspecified atom stereocenters. The zero-order chi connectivity index (χ0) is 14.1. The van der Waals surface area contributed by atoms with Crippen molar-refractivity contribution in [1.29, 1.82) is 0 Å². The summed E-state index contributed by atoms with van der Waals surface area (Å²) in [4.78, 5) is 38.6. The molecule has 0 bridgehead atoms. The topological polar surface area (TPSA) is 57.7 Å². The minimum atomic E-state index is -0.174. The highest BCUT2D eigenvalue weighted by Gasteiger charge is 2.40. The lowest BCUT2D eigenvalue weighted by Gasteiger charge is -2.21. The molecule has 106 valence electrons. The third-order valence-corrected chi connectivity index (χ3v) is 5.17. The first-order valence-corrected chi connectivity index (χ1v) is 8.35. The predicted octanol–water partition coefficient (Wildman–Crippen LogP) is 1.59. The van der Waals surface area contributed by atoms with Gasteiger partial charge in [-0.05, 0) is 28.8 Å². The maximum Gasteiger partial charge on any atom is 0.289 e. The van der Waals surface area contributed by atoms with E-state index in [1.807, 2.05) is 16.8 Å².